The van der Waals surface area contributed by atoms with E-state index in [9.17, 15) is 4.79 Å². The van der Waals surface area contributed by atoms with Crippen LogP contribution in [0.4, 0.5) is 10.6 Å². The number of nitrogens with zero attached hydrogens (tertiary/aromatic N) is 6. The summed E-state index contributed by atoms with van der Waals surface area (Å²) in [4.78, 5) is 23.9. The predicted octanol–water partition coefficient (Wildman–Crippen LogP) is 5.78. The molecule has 11 heteroatoms. The van der Waals surface area contributed by atoms with Crippen LogP contribution < -0.4 is 15.4 Å². The number of fused-ring (bicyclic) bond motifs is 2. The number of benzene rings is 1. The van der Waals surface area contributed by atoms with Crippen LogP contribution in [0.3, 0.4) is 0 Å². The van der Waals surface area contributed by atoms with E-state index in [0.717, 1.165) is 66.3 Å². The van der Waals surface area contributed by atoms with Gasteiger partial charge in [-0.2, -0.15) is 0 Å². The van der Waals surface area contributed by atoms with Crippen LogP contribution in [0.15, 0.2) is 55.0 Å². The molecular formula is C30H37ClN8O2. The Morgan fingerprint density at radius 3 is 2.59 bits per heavy atom. The van der Waals surface area contributed by atoms with Crippen LogP contribution in [-0.4, -0.2) is 49.1 Å². The van der Waals surface area contributed by atoms with Gasteiger partial charge in [-0.15, -0.1) is 22.6 Å². The highest BCUT2D eigenvalue weighted by Crippen LogP contribution is 2.39. The molecule has 0 bridgehead atoms. The van der Waals surface area contributed by atoms with Crippen molar-refractivity contribution >= 4 is 29.9 Å². The molecule has 4 aromatic rings. The van der Waals surface area contributed by atoms with Crippen molar-refractivity contribution in [2.24, 2.45) is 0 Å². The zero-order chi connectivity index (χ0) is 27.9. The number of rotatable bonds is 5. The molecule has 0 spiro atoms. The SMILES string of the molecule is CN1CCCC1c1nnc2ccc(O[C@@H]3CC[C@H](NC(=O)Nc4cc(C(C)(C)C)ncn4)c4ccccc43)cn12.Cl. The summed E-state index contributed by atoms with van der Waals surface area (Å²) in [7, 11) is 2.14. The maximum atomic E-state index is 13.0. The van der Waals surface area contributed by atoms with E-state index in [1.807, 2.05) is 36.5 Å². The number of anilines is 1. The molecule has 0 radical (unpaired) electrons. The van der Waals surface area contributed by atoms with Gasteiger partial charge in [0.15, 0.2) is 11.5 Å². The summed E-state index contributed by atoms with van der Waals surface area (Å²) in [6.45, 7) is 7.30. The number of urea groups is 1. The molecule has 216 valence electrons. The molecule has 1 aliphatic carbocycles. The second-order valence-electron chi connectivity index (χ2n) is 11.8. The lowest BCUT2D eigenvalue weighted by molar-refractivity contribution is 0.171. The first-order valence-corrected chi connectivity index (χ1v) is 14.0. The largest absolute Gasteiger partial charge is 0.484 e. The van der Waals surface area contributed by atoms with Crippen molar-refractivity contribution < 1.29 is 9.53 Å². The number of pyridine rings is 1. The van der Waals surface area contributed by atoms with E-state index in [1.165, 1.54) is 6.33 Å². The van der Waals surface area contributed by atoms with Gasteiger partial charge in [-0.3, -0.25) is 14.6 Å². The molecule has 3 aromatic heterocycles. The Hall–Kier alpha value is -3.76. The van der Waals surface area contributed by atoms with Crippen molar-refractivity contribution in [1.29, 1.82) is 0 Å². The molecule has 2 amide bonds. The standard InChI is InChI=1S/C30H36N8O2.ClH/c1-30(2,3)25-16-26(32-18-31-25)34-29(39)33-22-12-13-24(21-9-6-5-8-20(21)22)40-19-11-14-27-35-36-28(38(27)17-19)23-10-7-15-37(23)4;/h5-6,8-9,11,14,16-18,22-24H,7,10,12-13,15H2,1-4H3,(H2,31,32,33,34,39);1H/t22-,23?,24+;/m0./s1. The third kappa shape index (κ3) is 5.99. The van der Waals surface area contributed by atoms with Crippen molar-refractivity contribution in [1.82, 2.24) is 34.8 Å². The number of amides is 2. The Morgan fingerprint density at radius 2 is 1.83 bits per heavy atom. The van der Waals surface area contributed by atoms with Gasteiger partial charge in [0.2, 0.25) is 0 Å². The van der Waals surface area contributed by atoms with E-state index >= 15 is 0 Å². The van der Waals surface area contributed by atoms with Crippen molar-refractivity contribution in [3.8, 4) is 5.75 Å². The zero-order valence-corrected chi connectivity index (χ0v) is 24.7. The Balaban J connectivity index is 0.00000337. The van der Waals surface area contributed by atoms with Crippen LogP contribution in [-0.2, 0) is 5.41 Å². The summed E-state index contributed by atoms with van der Waals surface area (Å²) in [5.74, 6) is 2.21. The normalized spacial score (nSPS) is 20.7. The highest BCUT2D eigenvalue weighted by Gasteiger charge is 2.30. The van der Waals surface area contributed by atoms with E-state index in [-0.39, 0.29) is 42.0 Å². The van der Waals surface area contributed by atoms with Crippen LogP contribution in [0, 0.1) is 0 Å². The van der Waals surface area contributed by atoms with Crippen LogP contribution in [0.2, 0.25) is 0 Å². The van der Waals surface area contributed by atoms with Gasteiger partial charge in [0.1, 0.15) is 24.0 Å². The lowest BCUT2D eigenvalue weighted by atomic mass is 9.85. The molecule has 1 aromatic carbocycles. The van der Waals surface area contributed by atoms with Gasteiger partial charge in [0, 0.05) is 11.5 Å². The van der Waals surface area contributed by atoms with Gasteiger partial charge >= 0.3 is 6.03 Å². The Morgan fingerprint density at radius 1 is 1.02 bits per heavy atom. The molecule has 3 atom stereocenters. The van der Waals surface area contributed by atoms with Crippen molar-refractivity contribution in [3.63, 3.8) is 0 Å². The molecule has 1 aliphatic heterocycles. The van der Waals surface area contributed by atoms with Crippen molar-refractivity contribution in [3.05, 3.63) is 77.6 Å². The number of aromatic nitrogens is 5. The zero-order valence-electron chi connectivity index (χ0n) is 23.9. The lowest BCUT2D eigenvalue weighted by Crippen LogP contribution is -2.35. The minimum absolute atomic E-state index is 0. The minimum Gasteiger partial charge on any atom is -0.484 e. The van der Waals surface area contributed by atoms with Gasteiger partial charge in [0.25, 0.3) is 0 Å². The van der Waals surface area contributed by atoms with Gasteiger partial charge in [0.05, 0.1) is 24.0 Å². The molecule has 1 fully saturated rings. The quantitative estimate of drug-likeness (QED) is 0.310. The first-order valence-electron chi connectivity index (χ1n) is 14.0. The van der Waals surface area contributed by atoms with E-state index in [0.29, 0.717) is 5.82 Å². The summed E-state index contributed by atoms with van der Waals surface area (Å²) in [5.41, 5.74) is 3.69. The third-order valence-corrected chi connectivity index (χ3v) is 7.92. The van der Waals surface area contributed by atoms with Gasteiger partial charge in [-0.25, -0.2) is 14.8 Å². The average Bonchev–Trinajstić information content (AvgIpc) is 3.55. The molecule has 41 heavy (non-hydrogen) atoms. The summed E-state index contributed by atoms with van der Waals surface area (Å²) < 4.78 is 8.62. The summed E-state index contributed by atoms with van der Waals surface area (Å²) in [6, 6.07) is 13.7. The first-order chi connectivity index (χ1) is 19.3. The van der Waals surface area contributed by atoms with Crippen LogP contribution >= 0.6 is 12.4 Å². The van der Waals surface area contributed by atoms with E-state index in [2.05, 4.69) is 80.1 Å². The smallest absolute Gasteiger partial charge is 0.320 e. The average molecular weight is 577 g/mol. The Bertz CT molecular complexity index is 1530. The minimum atomic E-state index is -0.291. The molecule has 10 nitrogen and oxygen atoms in total. The number of carbonyl (C=O) groups is 1. The number of nitrogens with one attached hydrogen (secondary N) is 2. The molecule has 2 N–H and O–H groups in total. The molecular weight excluding hydrogens is 540 g/mol. The monoisotopic (exact) mass is 576 g/mol. The molecule has 2 aliphatic rings. The van der Waals surface area contributed by atoms with Crippen molar-refractivity contribution in [2.45, 2.75) is 70.1 Å². The van der Waals surface area contributed by atoms with Gasteiger partial charge in [-0.1, -0.05) is 45.0 Å². The van der Waals surface area contributed by atoms with Crippen LogP contribution in [0.1, 0.15) is 87.3 Å². The number of hydrogen-bond donors (Lipinski definition) is 2. The molecule has 0 saturated carbocycles. The maximum absolute atomic E-state index is 13.0. The highest BCUT2D eigenvalue weighted by molar-refractivity contribution is 5.88. The Kier molecular flexibility index (Phi) is 8.15. The number of halogens is 1. The second kappa shape index (κ2) is 11.6. The van der Waals surface area contributed by atoms with E-state index < -0.39 is 0 Å². The fourth-order valence-corrected chi connectivity index (χ4v) is 5.76. The second-order valence-corrected chi connectivity index (χ2v) is 11.8. The van der Waals surface area contributed by atoms with Crippen LogP contribution in [0.5, 0.6) is 5.75 Å². The van der Waals surface area contributed by atoms with Gasteiger partial charge in [-0.05, 0) is 62.5 Å². The van der Waals surface area contributed by atoms with E-state index in [4.69, 9.17) is 4.74 Å². The van der Waals surface area contributed by atoms with Crippen molar-refractivity contribution in [2.75, 3.05) is 18.9 Å². The van der Waals surface area contributed by atoms with E-state index in [1.54, 1.807) is 0 Å². The Labute approximate surface area is 246 Å². The number of carbonyl (C=O) groups excluding carboxylic acids is 1. The van der Waals surface area contributed by atoms with Crippen LogP contribution in [0.25, 0.3) is 5.65 Å². The van der Waals surface area contributed by atoms with Gasteiger partial charge < -0.3 is 10.1 Å². The highest BCUT2D eigenvalue weighted by atomic mass is 35.5. The molecule has 6 rings (SSSR count). The summed E-state index contributed by atoms with van der Waals surface area (Å²) >= 11 is 0. The maximum Gasteiger partial charge on any atom is 0.320 e. The topological polar surface area (TPSA) is 110 Å². The fraction of sp³-hybridized carbons (Fsp3) is 0.433. The molecule has 4 heterocycles. The fourth-order valence-electron chi connectivity index (χ4n) is 5.76. The number of likely N-dealkylation sites (tertiary alicyclic amines) is 1. The third-order valence-electron chi connectivity index (χ3n) is 7.92. The molecule has 1 unspecified atom stereocenters. The number of ether oxygens (including phenoxy) is 1. The number of hydrogen-bond acceptors (Lipinski definition) is 7. The summed E-state index contributed by atoms with van der Waals surface area (Å²) in [6.07, 6.45) is 7.12. The lowest BCUT2D eigenvalue weighted by Gasteiger charge is -2.32. The predicted molar refractivity (Wildman–Crippen MR) is 160 cm³/mol. The summed E-state index contributed by atoms with van der Waals surface area (Å²) in [5, 5.41) is 14.9. The molecule has 1 saturated heterocycles. The first kappa shape index (κ1) is 28.8.